The Kier molecular flexibility index (Phi) is 9.60. The zero-order chi connectivity index (χ0) is 27.3. The molecular formula is C29H37ClN2O5S. The number of ether oxygens (including phenoxy) is 1. The van der Waals surface area contributed by atoms with Crippen LogP contribution in [0, 0.1) is 11.8 Å². The monoisotopic (exact) mass is 560 g/mol. The fourth-order valence-electron chi connectivity index (χ4n) is 6.25. The molecule has 2 unspecified atom stereocenters. The molecule has 9 heteroatoms. The molecule has 4 rings (SSSR count). The van der Waals surface area contributed by atoms with Crippen LogP contribution >= 0.6 is 23.4 Å². The van der Waals surface area contributed by atoms with Crippen LogP contribution in [0.1, 0.15) is 44.9 Å². The molecule has 1 N–H and O–H groups in total. The quantitative estimate of drug-likeness (QED) is 0.203. The van der Waals surface area contributed by atoms with E-state index in [4.69, 9.17) is 21.4 Å². The molecule has 1 spiro atoms. The van der Waals surface area contributed by atoms with Crippen molar-refractivity contribution in [2.45, 2.75) is 61.0 Å². The van der Waals surface area contributed by atoms with Crippen LogP contribution in [0.3, 0.4) is 0 Å². The molecule has 0 radical (unpaired) electrons. The van der Waals surface area contributed by atoms with Crippen LogP contribution < -0.4 is 4.90 Å². The highest BCUT2D eigenvalue weighted by Gasteiger charge is 2.74. The maximum atomic E-state index is 14.4. The van der Waals surface area contributed by atoms with E-state index in [1.165, 1.54) is 0 Å². The average molecular weight is 561 g/mol. The van der Waals surface area contributed by atoms with Gasteiger partial charge in [-0.15, -0.1) is 24.9 Å². The largest absolute Gasteiger partial charge is 0.465 e. The Hall–Kier alpha value is -2.29. The lowest BCUT2D eigenvalue weighted by Crippen LogP contribution is -2.55. The lowest BCUT2D eigenvalue weighted by molar-refractivity contribution is -0.154. The van der Waals surface area contributed by atoms with Gasteiger partial charge in [-0.25, -0.2) is 0 Å². The van der Waals surface area contributed by atoms with E-state index in [-0.39, 0.29) is 42.8 Å². The minimum atomic E-state index is -0.686. The van der Waals surface area contributed by atoms with Gasteiger partial charge < -0.3 is 19.6 Å². The molecule has 1 aromatic rings. The lowest BCUT2D eigenvalue weighted by Gasteiger charge is -2.37. The number of carbonyl (C=O) groups is 3. The summed E-state index contributed by atoms with van der Waals surface area (Å²) in [7, 11) is 0. The molecule has 3 aliphatic heterocycles. The number of thioether (sulfide) groups is 1. The second-order valence-corrected chi connectivity index (χ2v) is 12.2. The predicted molar refractivity (Wildman–Crippen MR) is 151 cm³/mol. The summed E-state index contributed by atoms with van der Waals surface area (Å²) in [5.41, 5.74) is 0.687. The second kappa shape index (κ2) is 12.7. The van der Waals surface area contributed by atoms with Crippen LogP contribution in [0.5, 0.6) is 0 Å². The first-order chi connectivity index (χ1) is 18.4. The number of halogens is 1. The van der Waals surface area contributed by atoms with E-state index in [9.17, 15) is 14.4 Å². The molecule has 0 aliphatic carbocycles. The van der Waals surface area contributed by atoms with E-state index in [0.717, 1.165) is 25.7 Å². The molecule has 1 aromatic carbocycles. The number of nitrogens with zero attached hydrogens (tertiary/aromatic N) is 2. The molecule has 7 nitrogen and oxygen atoms in total. The number of rotatable bonds is 14. The van der Waals surface area contributed by atoms with E-state index in [1.54, 1.807) is 58.0 Å². The zero-order valence-electron chi connectivity index (χ0n) is 21.7. The van der Waals surface area contributed by atoms with E-state index in [0.29, 0.717) is 36.5 Å². The number of amides is 2. The number of hydrogen-bond acceptors (Lipinski definition) is 6. The number of likely N-dealkylation sites (tertiary alicyclic amines) is 1. The van der Waals surface area contributed by atoms with Gasteiger partial charge in [0.2, 0.25) is 5.91 Å². The van der Waals surface area contributed by atoms with Gasteiger partial charge >= 0.3 is 5.97 Å². The summed E-state index contributed by atoms with van der Waals surface area (Å²) in [5.74, 6) is -1.76. The number of carbonyl (C=O) groups excluding carboxylic acids is 3. The Bertz CT molecular complexity index is 1050. The van der Waals surface area contributed by atoms with Crippen LogP contribution in [0.2, 0.25) is 5.02 Å². The summed E-state index contributed by atoms with van der Waals surface area (Å²) in [6.07, 6.45) is 8.54. The van der Waals surface area contributed by atoms with Gasteiger partial charge in [0.25, 0.3) is 5.91 Å². The van der Waals surface area contributed by atoms with Crippen LogP contribution in [0.15, 0.2) is 49.6 Å². The molecule has 2 bridgehead atoms. The SMILES string of the molecule is C=CCCOC(=O)[C@@H]1[C@@H]2CCC3(S2)C(C(=O)N(CC=C)c2ccc(Cl)cc2)N(CCCCCCO)C(=O)[C@H]13. The first kappa shape index (κ1) is 28.7. The second-order valence-electron chi connectivity index (χ2n) is 10.2. The average Bonchev–Trinajstić information content (AvgIpc) is 3.55. The molecule has 2 amide bonds. The van der Waals surface area contributed by atoms with Crippen molar-refractivity contribution < 1.29 is 24.2 Å². The Labute approximate surface area is 234 Å². The third-order valence-corrected chi connectivity index (χ3v) is 10.1. The van der Waals surface area contributed by atoms with Gasteiger partial charge in [0.05, 0.1) is 23.2 Å². The zero-order valence-corrected chi connectivity index (χ0v) is 23.3. The van der Waals surface area contributed by atoms with Crippen LogP contribution in [0.4, 0.5) is 5.69 Å². The van der Waals surface area contributed by atoms with Crippen LogP contribution in [0.25, 0.3) is 0 Å². The molecule has 0 saturated carbocycles. The van der Waals surface area contributed by atoms with Gasteiger partial charge in [-0.3, -0.25) is 14.4 Å². The highest BCUT2D eigenvalue weighted by molar-refractivity contribution is 8.02. The number of fused-ring (bicyclic) bond motifs is 1. The van der Waals surface area contributed by atoms with Gasteiger partial charge in [0.15, 0.2) is 0 Å². The van der Waals surface area contributed by atoms with Crippen molar-refractivity contribution in [2.24, 2.45) is 11.8 Å². The van der Waals surface area contributed by atoms with Crippen molar-refractivity contribution in [3.05, 3.63) is 54.6 Å². The molecule has 0 aromatic heterocycles. The summed E-state index contributed by atoms with van der Waals surface area (Å²) < 4.78 is 4.89. The van der Waals surface area contributed by atoms with Gasteiger partial charge in [0.1, 0.15) is 6.04 Å². The number of anilines is 1. The smallest absolute Gasteiger partial charge is 0.310 e. The van der Waals surface area contributed by atoms with E-state index in [1.807, 2.05) is 0 Å². The highest BCUT2D eigenvalue weighted by atomic mass is 35.5. The predicted octanol–water partition coefficient (Wildman–Crippen LogP) is 4.62. The topological polar surface area (TPSA) is 87.2 Å². The molecule has 206 valence electrons. The first-order valence-corrected chi connectivity index (χ1v) is 14.7. The number of benzene rings is 1. The number of hydrogen-bond donors (Lipinski definition) is 1. The van der Waals surface area contributed by atoms with Crippen molar-refractivity contribution in [3.8, 4) is 0 Å². The van der Waals surface area contributed by atoms with Crippen LogP contribution in [-0.2, 0) is 19.1 Å². The minimum absolute atomic E-state index is 0.0365. The van der Waals surface area contributed by atoms with Crippen molar-refractivity contribution >= 4 is 46.8 Å². The highest BCUT2D eigenvalue weighted by Crippen LogP contribution is 2.66. The molecule has 3 heterocycles. The van der Waals surface area contributed by atoms with Gasteiger partial charge in [0, 0.05) is 35.7 Å². The van der Waals surface area contributed by atoms with Gasteiger partial charge in [-0.2, -0.15) is 0 Å². The van der Waals surface area contributed by atoms with Gasteiger partial charge in [-0.1, -0.05) is 36.6 Å². The summed E-state index contributed by atoms with van der Waals surface area (Å²) in [6.45, 7) is 8.64. The molecular weight excluding hydrogens is 524 g/mol. The van der Waals surface area contributed by atoms with Crippen molar-refractivity contribution in [1.82, 2.24) is 4.90 Å². The Morgan fingerprint density at radius 2 is 1.92 bits per heavy atom. The molecule has 3 aliphatic rings. The molecule has 3 saturated heterocycles. The van der Waals surface area contributed by atoms with Gasteiger partial charge in [-0.05, 0) is 56.4 Å². The third kappa shape index (κ3) is 5.40. The number of unbranched alkanes of at least 4 members (excludes halogenated alkanes) is 3. The Morgan fingerprint density at radius 3 is 2.61 bits per heavy atom. The Morgan fingerprint density at radius 1 is 1.18 bits per heavy atom. The number of aliphatic hydroxyl groups is 1. The van der Waals surface area contributed by atoms with E-state index < -0.39 is 22.6 Å². The van der Waals surface area contributed by atoms with E-state index in [2.05, 4.69) is 13.2 Å². The first-order valence-electron chi connectivity index (χ1n) is 13.4. The summed E-state index contributed by atoms with van der Waals surface area (Å²) >= 11 is 7.74. The fourth-order valence-corrected chi connectivity index (χ4v) is 8.57. The summed E-state index contributed by atoms with van der Waals surface area (Å²) in [5, 5.41) is 9.66. The number of aliphatic hydroxyl groups excluding tert-OH is 1. The van der Waals surface area contributed by atoms with Crippen LogP contribution in [-0.4, -0.2) is 70.1 Å². The minimum Gasteiger partial charge on any atom is -0.465 e. The normalized spacial score (nSPS) is 27.3. The van der Waals surface area contributed by atoms with Crippen molar-refractivity contribution in [1.29, 1.82) is 0 Å². The maximum Gasteiger partial charge on any atom is 0.310 e. The summed E-state index contributed by atoms with van der Waals surface area (Å²) in [6, 6.07) is 6.40. The molecule has 38 heavy (non-hydrogen) atoms. The standard InChI is InChI=1S/C29H37ClN2O5S/c1-3-5-19-37-28(36)23-22-14-15-29(38-22)24(23)26(34)32(17-8-6-7-9-18-33)25(29)27(35)31(16-4-2)21-12-10-20(30)11-13-21/h3-4,10-13,22-25,33H,1-2,5-9,14-19H2/t22-,23+,24-,25?,29?/m0/s1. The fraction of sp³-hybridized carbons (Fsp3) is 0.552. The van der Waals surface area contributed by atoms with Crippen molar-refractivity contribution in [3.63, 3.8) is 0 Å². The third-order valence-electron chi connectivity index (χ3n) is 7.90. The molecule has 3 fully saturated rings. The summed E-state index contributed by atoms with van der Waals surface area (Å²) in [4.78, 5) is 45.1. The maximum absolute atomic E-state index is 14.4. The lowest BCUT2D eigenvalue weighted by atomic mass is 9.71. The Balaban J connectivity index is 1.67. The number of esters is 1. The van der Waals surface area contributed by atoms with E-state index >= 15 is 0 Å². The molecule has 5 atom stereocenters. The van der Waals surface area contributed by atoms with Crippen molar-refractivity contribution in [2.75, 3.05) is 31.2 Å².